The third-order valence-corrected chi connectivity index (χ3v) is 18.3. The molecule has 10 aliphatic carbocycles. The maximum Gasteiger partial charge on any atom is 0.0577 e. The van der Waals surface area contributed by atoms with Crippen LogP contribution in [0.5, 0.6) is 0 Å². The molecular weight excluding hydrogens is 775 g/mol. The van der Waals surface area contributed by atoms with Gasteiger partial charge in [0.25, 0.3) is 0 Å². The summed E-state index contributed by atoms with van der Waals surface area (Å²) in [5, 5.41) is 3.00. The number of hydrogen-bond donors (Lipinski definition) is 0. The van der Waals surface area contributed by atoms with Crippen LogP contribution in [-0.2, 0) is 6.42 Å². The average Bonchev–Trinajstić information content (AvgIpc) is 3.87. The molecular formula is C61H69N3. The van der Waals surface area contributed by atoms with E-state index in [1.54, 1.807) is 22.5 Å². The summed E-state index contributed by atoms with van der Waals surface area (Å²) < 4.78 is 2.66. The van der Waals surface area contributed by atoms with Crippen LogP contribution in [0.2, 0.25) is 0 Å². The first-order valence-corrected chi connectivity index (χ1v) is 26.0. The maximum absolute atomic E-state index is 2.92. The van der Waals surface area contributed by atoms with Crippen LogP contribution in [0.4, 0.5) is 0 Å². The smallest absolute Gasteiger partial charge is 0.0577 e. The Kier molecular flexibility index (Phi) is 9.71. The molecule has 3 nitrogen and oxygen atoms in total. The fourth-order valence-electron chi connectivity index (χ4n) is 15.1. The fourth-order valence-corrected chi connectivity index (χ4v) is 15.1. The average molecular weight is 844 g/mol. The van der Waals surface area contributed by atoms with E-state index < -0.39 is 0 Å². The number of hydrogen-bond acceptors (Lipinski definition) is 2. The second-order valence-electron chi connectivity index (χ2n) is 22.1. The number of piperidine rings is 1. The quantitative estimate of drug-likeness (QED) is 0.274. The van der Waals surface area contributed by atoms with Crippen molar-refractivity contribution in [3.8, 4) is 0 Å². The zero-order chi connectivity index (χ0) is 42.5. The number of likely N-dealkylation sites (tertiary alicyclic amines) is 1. The van der Waals surface area contributed by atoms with Crippen LogP contribution in [0.1, 0.15) is 128 Å². The topological polar surface area (TPSA) is 11.4 Å². The highest BCUT2D eigenvalue weighted by molar-refractivity contribution is 5.66. The van der Waals surface area contributed by atoms with Crippen molar-refractivity contribution in [2.75, 3.05) is 0 Å². The van der Waals surface area contributed by atoms with Crippen molar-refractivity contribution in [2.24, 2.45) is 35.0 Å². The monoisotopic (exact) mass is 844 g/mol. The summed E-state index contributed by atoms with van der Waals surface area (Å²) in [7, 11) is 0. The summed E-state index contributed by atoms with van der Waals surface area (Å²) in [5.41, 5.74) is 15.6. The van der Waals surface area contributed by atoms with Gasteiger partial charge in [-0.25, -0.2) is 0 Å². The molecule has 0 saturated carbocycles. The minimum absolute atomic E-state index is 0.0607. The van der Waals surface area contributed by atoms with Crippen LogP contribution < -0.4 is 10.6 Å². The van der Waals surface area contributed by atoms with Gasteiger partial charge in [0.15, 0.2) is 0 Å². The lowest BCUT2D eigenvalue weighted by molar-refractivity contribution is -0.00380. The van der Waals surface area contributed by atoms with Gasteiger partial charge in [-0.3, -0.25) is 0 Å². The molecule has 1 aromatic heterocycles. The lowest BCUT2D eigenvalue weighted by atomic mass is 9.57. The molecule has 64 heavy (non-hydrogen) atoms. The van der Waals surface area contributed by atoms with E-state index in [4.69, 9.17) is 0 Å². The minimum Gasteiger partial charge on any atom is -0.364 e. The zero-order valence-electron chi connectivity index (χ0n) is 38.6. The molecule has 0 amide bonds. The molecule has 1 aromatic rings. The third kappa shape index (κ3) is 6.32. The van der Waals surface area contributed by atoms with Crippen molar-refractivity contribution in [3.05, 3.63) is 164 Å². The highest BCUT2D eigenvalue weighted by Gasteiger charge is 2.53. The van der Waals surface area contributed by atoms with Gasteiger partial charge in [0.1, 0.15) is 0 Å². The van der Waals surface area contributed by atoms with Crippen molar-refractivity contribution < 1.29 is 0 Å². The fraction of sp³-hybridized carbons (Fsp3) is 0.475. The van der Waals surface area contributed by atoms with Gasteiger partial charge in [-0.2, -0.15) is 0 Å². The summed E-state index contributed by atoms with van der Waals surface area (Å²) in [4.78, 5) is 5.83. The van der Waals surface area contributed by atoms with Gasteiger partial charge < -0.3 is 14.4 Å². The van der Waals surface area contributed by atoms with Crippen LogP contribution in [0.25, 0.3) is 23.9 Å². The van der Waals surface area contributed by atoms with E-state index in [0.29, 0.717) is 53.8 Å². The van der Waals surface area contributed by atoms with Crippen molar-refractivity contribution in [1.29, 1.82) is 0 Å². The SMILES string of the molecule is CC1(C)C2C=C(C3=CC4C5=C(CCCC5)N(C5CC=CCC5)C4C=C3)C=CC2N(C2=CC=C3C=CCCC3C2)C2C=CC(C3C=c4c5c(n(C6=CCCCC6)c4=CC3)C=CCC5)=CC21. The predicted octanol–water partition coefficient (Wildman–Crippen LogP) is 12.7. The van der Waals surface area contributed by atoms with E-state index >= 15 is 0 Å². The molecule has 12 aliphatic rings. The molecule has 0 aromatic carbocycles. The molecule has 1 saturated heterocycles. The van der Waals surface area contributed by atoms with Crippen LogP contribution in [-0.4, -0.2) is 38.5 Å². The number of aromatic nitrogens is 1. The standard InChI is InChI=1S/C61H69N3/c1-61(2)53-38-44(42-26-31-57-51(36-42)49-21-11-13-23-55(49)62(57)46-17-5-3-6-18-46)28-33-59(53)64(48-30-25-40-15-9-10-16-41(40)35-48)60-34-29-45(39-54(60)61)43-27-32-58-52(37-43)50-22-12-14-24-56(50)63(58)47-19-7-4-8-20-47/h3,5,9,14-15,19,24-26,28-34,36-39,41,43,46,51,53-54,57,59-60H,4,6-8,10-13,16-18,20-23,27,35H2,1-2H3. The van der Waals surface area contributed by atoms with E-state index in [1.165, 1.54) is 128 Å². The summed E-state index contributed by atoms with van der Waals surface area (Å²) in [6.07, 6.45) is 72.2. The lowest BCUT2D eigenvalue weighted by Gasteiger charge is -2.59. The van der Waals surface area contributed by atoms with Crippen molar-refractivity contribution in [2.45, 2.75) is 147 Å². The van der Waals surface area contributed by atoms with Gasteiger partial charge in [-0.05, 0) is 166 Å². The van der Waals surface area contributed by atoms with Gasteiger partial charge in [-0.15, -0.1) is 0 Å². The molecule has 3 heterocycles. The third-order valence-electron chi connectivity index (χ3n) is 18.3. The first kappa shape index (κ1) is 39.6. The van der Waals surface area contributed by atoms with Crippen LogP contribution in [0.3, 0.4) is 0 Å². The molecule has 0 radical (unpaired) electrons. The van der Waals surface area contributed by atoms with Gasteiger partial charge in [0.2, 0.25) is 0 Å². The molecule has 1 fully saturated rings. The molecule has 0 N–H and O–H groups in total. The summed E-state index contributed by atoms with van der Waals surface area (Å²) >= 11 is 0. The Morgan fingerprint density at radius 3 is 2.28 bits per heavy atom. The summed E-state index contributed by atoms with van der Waals surface area (Å²) in [5.74, 6) is 2.35. The first-order chi connectivity index (χ1) is 31.5. The van der Waals surface area contributed by atoms with E-state index in [2.05, 4.69) is 150 Å². The number of rotatable bonds is 5. The highest BCUT2D eigenvalue weighted by Crippen LogP contribution is 2.55. The van der Waals surface area contributed by atoms with Gasteiger partial charge >= 0.3 is 0 Å². The van der Waals surface area contributed by atoms with Crippen molar-refractivity contribution in [1.82, 2.24) is 14.4 Å². The Balaban J connectivity index is 0.869. The maximum atomic E-state index is 2.92. The number of nitrogens with zero attached hydrogens (tertiary/aromatic N) is 3. The van der Waals surface area contributed by atoms with E-state index in [-0.39, 0.29) is 5.41 Å². The summed E-state index contributed by atoms with van der Waals surface area (Å²) in [6, 6.07) is 1.82. The molecule has 0 spiro atoms. The van der Waals surface area contributed by atoms with Crippen molar-refractivity contribution in [3.63, 3.8) is 0 Å². The Morgan fingerprint density at radius 1 is 0.594 bits per heavy atom. The molecule has 13 rings (SSSR count). The molecule has 0 bridgehead atoms. The van der Waals surface area contributed by atoms with Crippen molar-refractivity contribution >= 4 is 23.9 Å². The van der Waals surface area contributed by atoms with E-state index in [0.717, 1.165) is 25.7 Å². The van der Waals surface area contributed by atoms with E-state index in [1.807, 2.05) is 0 Å². The lowest BCUT2D eigenvalue weighted by Crippen LogP contribution is -2.61. The first-order valence-electron chi connectivity index (χ1n) is 26.0. The van der Waals surface area contributed by atoms with Crippen LogP contribution in [0, 0.1) is 35.0 Å². The van der Waals surface area contributed by atoms with Crippen LogP contribution in [0.15, 0.2) is 143 Å². The predicted molar refractivity (Wildman–Crippen MR) is 267 cm³/mol. The Hall–Kier alpha value is -4.76. The Morgan fingerprint density at radius 2 is 1.41 bits per heavy atom. The van der Waals surface area contributed by atoms with Gasteiger partial charge in [-0.1, -0.05) is 123 Å². The summed E-state index contributed by atoms with van der Waals surface area (Å²) in [6.45, 7) is 5.26. The molecule has 3 heteroatoms. The zero-order valence-corrected chi connectivity index (χ0v) is 38.6. The van der Waals surface area contributed by atoms with Crippen LogP contribution >= 0.6 is 0 Å². The highest BCUT2D eigenvalue weighted by atomic mass is 15.2. The number of fused-ring (bicyclic) bond motifs is 8. The normalized spacial score (nSPS) is 35.2. The Bertz CT molecular complexity index is 2700. The molecule has 9 unspecified atom stereocenters. The largest absolute Gasteiger partial charge is 0.364 e. The molecule has 9 atom stereocenters. The second-order valence-corrected chi connectivity index (χ2v) is 22.1. The van der Waals surface area contributed by atoms with Gasteiger partial charge in [0.05, 0.1) is 18.1 Å². The molecule has 2 aliphatic heterocycles. The Labute approximate surface area is 383 Å². The van der Waals surface area contributed by atoms with Gasteiger partial charge in [0, 0.05) is 63.1 Å². The minimum atomic E-state index is 0.0607. The number of allylic oxidation sites excluding steroid dienone is 17. The van der Waals surface area contributed by atoms with E-state index in [9.17, 15) is 0 Å². The molecule has 328 valence electrons. The second kappa shape index (κ2) is 15.7.